The smallest absolute Gasteiger partial charge is 0.147 e. The van der Waals surface area contributed by atoms with E-state index in [-0.39, 0.29) is 10.9 Å². The maximum Gasteiger partial charge on any atom is 0.147 e. The number of nitrogens with zero attached hydrogens (tertiary/aromatic N) is 2. The molecule has 0 aliphatic carbocycles. The number of halogens is 1. The number of pyridine rings is 1. The minimum Gasteiger partial charge on any atom is -0.508 e. The first kappa shape index (κ1) is 11.4. The summed E-state index contributed by atoms with van der Waals surface area (Å²) in [5.74, 6) is 0.185. The van der Waals surface area contributed by atoms with E-state index in [4.69, 9.17) is 16.9 Å². The summed E-state index contributed by atoms with van der Waals surface area (Å²) < 4.78 is 0. The molecule has 1 aromatic carbocycles. The van der Waals surface area contributed by atoms with E-state index in [0.29, 0.717) is 5.56 Å². The van der Waals surface area contributed by atoms with Crippen molar-refractivity contribution in [2.24, 2.45) is 0 Å². The molecule has 0 spiro atoms. The van der Waals surface area contributed by atoms with Gasteiger partial charge in [-0.1, -0.05) is 23.7 Å². The number of rotatable bonds is 1. The summed E-state index contributed by atoms with van der Waals surface area (Å²) in [6, 6.07) is 8.70. The van der Waals surface area contributed by atoms with Gasteiger partial charge in [-0.15, -0.1) is 0 Å². The van der Waals surface area contributed by atoms with Gasteiger partial charge in [0.15, 0.2) is 0 Å². The molecule has 1 aromatic heterocycles. The number of aryl methyl sites for hydroxylation is 1. The molecule has 4 heteroatoms. The Hall–Kier alpha value is -2.05. The Morgan fingerprint density at radius 1 is 1.29 bits per heavy atom. The first-order chi connectivity index (χ1) is 8.13. The molecule has 0 saturated heterocycles. The Balaban J connectivity index is 2.71. The van der Waals surface area contributed by atoms with E-state index in [1.54, 1.807) is 30.5 Å². The standard InChI is InChI=1S/C13H9ClN2O/c1-8-7-16-13(14)11(6-15)12(8)9-2-4-10(17)5-3-9/h2-5,7,17H,1H3. The lowest BCUT2D eigenvalue weighted by Crippen LogP contribution is -1.92. The Labute approximate surface area is 104 Å². The van der Waals surface area contributed by atoms with Crippen molar-refractivity contribution in [3.63, 3.8) is 0 Å². The second kappa shape index (κ2) is 4.44. The van der Waals surface area contributed by atoms with E-state index < -0.39 is 0 Å². The van der Waals surface area contributed by atoms with Gasteiger partial charge in [0.25, 0.3) is 0 Å². The van der Waals surface area contributed by atoms with Gasteiger partial charge in [-0.05, 0) is 30.2 Å². The van der Waals surface area contributed by atoms with Gasteiger partial charge in [0, 0.05) is 11.8 Å². The quantitative estimate of drug-likeness (QED) is 0.783. The summed E-state index contributed by atoms with van der Waals surface area (Å²) in [7, 11) is 0. The highest BCUT2D eigenvalue weighted by Gasteiger charge is 2.12. The van der Waals surface area contributed by atoms with Crippen molar-refractivity contribution in [1.82, 2.24) is 4.98 Å². The summed E-state index contributed by atoms with van der Waals surface area (Å²) in [4.78, 5) is 3.95. The van der Waals surface area contributed by atoms with Crippen molar-refractivity contribution in [3.8, 4) is 22.9 Å². The molecule has 0 atom stereocenters. The average Bonchev–Trinajstić information content (AvgIpc) is 2.33. The van der Waals surface area contributed by atoms with E-state index in [2.05, 4.69) is 11.1 Å². The van der Waals surface area contributed by atoms with Crippen LogP contribution in [0.25, 0.3) is 11.1 Å². The molecule has 2 rings (SSSR count). The number of benzene rings is 1. The van der Waals surface area contributed by atoms with Gasteiger partial charge in [0.2, 0.25) is 0 Å². The number of aromatic nitrogens is 1. The van der Waals surface area contributed by atoms with Crippen LogP contribution in [0, 0.1) is 18.3 Å². The molecule has 0 radical (unpaired) electrons. The molecule has 0 fully saturated rings. The zero-order chi connectivity index (χ0) is 12.4. The van der Waals surface area contributed by atoms with Gasteiger partial charge in [-0.25, -0.2) is 4.98 Å². The minimum atomic E-state index is 0.185. The highest BCUT2D eigenvalue weighted by atomic mass is 35.5. The largest absolute Gasteiger partial charge is 0.508 e. The van der Waals surface area contributed by atoms with E-state index in [1.807, 2.05) is 6.92 Å². The molecule has 3 nitrogen and oxygen atoms in total. The van der Waals surface area contributed by atoms with Crippen LogP contribution in [0.15, 0.2) is 30.5 Å². The molecule has 0 amide bonds. The van der Waals surface area contributed by atoms with Crippen LogP contribution in [0.5, 0.6) is 5.75 Å². The van der Waals surface area contributed by atoms with Crippen molar-refractivity contribution in [1.29, 1.82) is 5.26 Å². The van der Waals surface area contributed by atoms with Gasteiger partial charge in [0.1, 0.15) is 17.0 Å². The third-order valence-electron chi connectivity index (χ3n) is 2.49. The Morgan fingerprint density at radius 2 is 1.94 bits per heavy atom. The van der Waals surface area contributed by atoms with Crippen LogP contribution < -0.4 is 0 Å². The van der Waals surface area contributed by atoms with Crippen molar-refractivity contribution >= 4 is 11.6 Å². The lowest BCUT2D eigenvalue weighted by Gasteiger charge is -2.09. The maximum absolute atomic E-state index is 9.25. The molecular weight excluding hydrogens is 236 g/mol. The second-order valence-electron chi connectivity index (χ2n) is 3.64. The fraction of sp³-hybridized carbons (Fsp3) is 0.0769. The monoisotopic (exact) mass is 244 g/mol. The predicted octanol–water partition coefficient (Wildman–Crippen LogP) is 3.29. The third kappa shape index (κ3) is 2.08. The molecule has 17 heavy (non-hydrogen) atoms. The Morgan fingerprint density at radius 3 is 2.53 bits per heavy atom. The number of phenolic OH excluding ortho intramolecular Hbond substituents is 1. The average molecular weight is 245 g/mol. The van der Waals surface area contributed by atoms with Crippen LogP contribution in [-0.4, -0.2) is 10.1 Å². The fourth-order valence-electron chi connectivity index (χ4n) is 1.69. The van der Waals surface area contributed by atoms with Crippen molar-refractivity contribution in [2.45, 2.75) is 6.92 Å². The minimum absolute atomic E-state index is 0.185. The summed E-state index contributed by atoms with van der Waals surface area (Å²) in [5.41, 5.74) is 2.82. The Kier molecular flexibility index (Phi) is 2.99. The van der Waals surface area contributed by atoms with Gasteiger partial charge >= 0.3 is 0 Å². The summed E-state index contributed by atoms with van der Waals surface area (Å²) in [6.07, 6.45) is 1.63. The molecule has 84 valence electrons. The van der Waals surface area contributed by atoms with E-state index >= 15 is 0 Å². The number of aromatic hydroxyl groups is 1. The SMILES string of the molecule is Cc1cnc(Cl)c(C#N)c1-c1ccc(O)cc1. The first-order valence-electron chi connectivity index (χ1n) is 4.98. The van der Waals surface area contributed by atoms with Crippen molar-refractivity contribution in [3.05, 3.63) is 46.7 Å². The van der Waals surface area contributed by atoms with Gasteiger partial charge in [0.05, 0.1) is 5.56 Å². The number of hydrogen-bond acceptors (Lipinski definition) is 3. The highest BCUT2D eigenvalue weighted by molar-refractivity contribution is 6.31. The zero-order valence-corrected chi connectivity index (χ0v) is 9.86. The zero-order valence-electron chi connectivity index (χ0n) is 9.11. The fourth-order valence-corrected chi connectivity index (χ4v) is 1.87. The lowest BCUT2D eigenvalue weighted by molar-refractivity contribution is 0.475. The third-order valence-corrected chi connectivity index (χ3v) is 2.78. The molecule has 0 aliphatic rings. The van der Waals surface area contributed by atoms with E-state index in [0.717, 1.165) is 16.7 Å². The molecule has 1 N–H and O–H groups in total. The van der Waals surface area contributed by atoms with Crippen molar-refractivity contribution in [2.75, 3.05) is 0 Å². The summed E-state index contributed by atoms with van der Waals surface area (Å²) >= 11 is 5.90. The van der Waals surface area contributed by atoms with Crippen LogP contribution in [0.3, 0.4) is 0 Å². The first-order valence-corrected chi connectivity index (χ1v) is 5.36. The molecule has 0 aliphatic heterocycles. The van der Waals surface area contributed by atoms with Gasteiger partial charge in [-0.3, -0.25) is 0 Å². The molecular formula is C13H9ClN2O. The summed E-state index contributed by atoms with van der Waals surface area (Å²) in [6.45, 7) is 1.87. The van der Waals surface area contributed by atoms with E-state index in [9.17, 15) is 5.11 Å². The van der Waals surface area contributed by atoms with Crippen LogP contribution in [-0.2, 0) is 0 Å². The Bertz CT molecular complexity index is 600. The van der Waals surface area contributed by atoms with Crippen LogP contribution in [0.1, 0.15) is 11.1 Å². The lowest BCUT2D eigenvalue weighted by atomic mass is 9.98. The number of phenols is 1. The van der Waals surface area contributed by atoms with Crippen LogP contribution in [0.2, 0.25) is 5.15 Å². The number of hydrogen-bond donors (Lipinski definition) is 1. The van der Waals surface area contributed by atoms with E-state index in [1.165, 1.54) is 0 Å². The maximum atomic E-state index is 9.25. The molecule has 2 aromatic rings. The molecule has 0 unspecified atom stereocenters. The topological polar surface area (TPSA) is 56.9 Å². The highest BCUT2D eigenvalue weighted by Crippen LogP contribution is 2.31. The van der Waals surface area contributed by atoms with Crippen molar-refractivity contribution < 1.29 is 5.11 Å². The van der Waals surface area contributed by atoms with Gasteiger partial charge in [-0.2, -0.15) is 5.26 Å². The van der Waals surface area contributed by atoms with Crippen LogP contribution >= 0.6 is 11.6 Å². The van der Waals surface area contributed by atoms with Gasteiger partial charge < -0.3 is 5.11 Å². The number of nitriles is 1. The predicted molar refractivity (Wildman–Crippen MR) is 65.8 cm³/mol. The molecule has 1 heterocycles. The molecule has 0 saturated carbocycles. The normalized spacial score (nSPS) is 9.94. The second-order valence-corrected chi connectivity index (χ2v) is 4.00. The van der Waals surface area contributed by atoms with Crippen LogP contribution in [0.4, 0.5) is 0 Å². The molecule has 0 bridgehead atoms. The summed E-state index contributed by atoms with van der Waals surface area (Å²) in [5, 5.41) is 18.6.